The Labute approximate surface area is 152 Å². The van der Waals surface area contributed by atoms with Crippen molar-refractivity contribution in [3.63, 3.8) is 0 Å². The molecule has 1 fully saturated rings. The molecule has 26 heavy (non-hydrogen) atoms. The van der Waals surface area contributed by atoms with E-state index in [2.05, 4.69) is 0 Å². The van der Waals surface area contributed by atoms with Crippen LogP contribution in [-0.2, 0) is 11.2 Å². The SMILES string of the molecule is OCCCCCCc1cc(O)cc(OC2OC(CO)C(O)C(O)C2O)c1. The van der Waals surface area contributed by atoms with E-state index in [1.807, 2.05) is 0 Å². The van der Waals surface area contributed by atoms with E-state index in [0.717, 1.165) is 31.2 Å². The number of rotatable bonds is 9. The molecule has 8 nitrogen and oxygen atoms in total. The van der Waals surface area contributed by atoms with Gasteiger partial charge in [0, 0.05) is 12.7 Å². The monoisotopic (exact) mass is 372 g/mol. The first kappa shape index (κ1) is 20.9. The van der Waals surface area contributed by atoms with E-state index in [1.54, 1.807) is 12.1 Å². The molecule has 0 amide bonds. The fourth-order valence-electron chi connectivity index (χ4n) is 2.95. The summed E-state index contributed by atoms with van der Waals surface area (Å²) < 4.78 is 10.8. The van der Waals surface area contributed by atoms with Gasteiger partial charge in [-0.15, -0.1) is 0 Å². The van der Waals surface area contributed by atoms with E-state index in [0.29, 0.717) is 6.42 Å². The van der Waals surface area contributed by atoms with E-state index in [4.69, 9.17) is 14.6 Å². The lowest BCUT2D eigenvalue weighted by atomic mass is 9.99. The summed E-state index contributed by atoms with van der Waals surface area (Å²) in [5, 5.41) is 57.5. The highest BCUT2D eigenvalue weighted by Gasteiger charge is 2.44. The van der Waals surface area contributed by atoms with Gasteiger partial charge in [-0.2, -0.15) is 0 Å². The van der Waals surface area contributed by atoms with Crippen LogP contribution in [0.2, 0.25) is 0 Å². The van der Waals surface area contributed by atoms with Crippen molar-refractivity contribution in [1.82, 2.24) is 0 Å². The van der Waals surface area contributed by atoms with Crippen LogP contribution in [-0.4, -0.2) is 74.6 Å². The van der Waals surface area contributed by atoms with Gasteiger partial charge in [0.25, 0.3) is 0 Å². The Bertz CT molecular complexity index is 550. The lowest BCUT2D eigenvalue weighted by Crippen LogP contribution is -2.60. The second-order valence-electron chi connectivity index (χ2n) is 6.54. The molecule has 1 aromatic carbocycles. The number of aliphatic hydroxyl groups excluding tert-OH is 5. The van der Waals surface area contributed by atoms with Gasteiger partial charge in [-0.1, -0.05) is 12.8 Å². The van der Waals surface area contributed by atoms with Crippen LogP contribution in [0.3, 0.4) is 0 Å². The molecule has 0 bridgehead atoms. The van der Waals surface area contributed by atoms with Crippen molar-refractivity contribution in [2.45, 2.75) is 62.8 Å². The van der Waals surface area contributed by atoms with Crippen molar-refractivity contribution in [3.8, 4) is 11.5 Å². The molecule has 2 rings (SSSR count). The molecule has 1 aliphatic rings. The Hall–Kier alpha value is -1.42. The standard InChI is InChI=1S/C18H28O8/c19-6-4-2-1-3-5-11-7-12(21)9-13(8-11)25-18-17(24)16(23)15(22)14(10-20)26-18/h7-9,14-24H,1-6,10H2. The molecular weight excluding hydrogens is 344 g/mol. The largest absolute Gasteiger partial charge is 0.508 e. The van der Waals surface area contributed by atoms with Crippen LogP contribution in [0.1, 0.15) is 31.2 Å². The zero-order valence-corrected chi connectivity index (χ0v) is 14.6. The van der Waals surface area contributed by atoms with E-state index in [9.17, 15) is 25.5 Å². The van der Waals surface area contributed by atoms with Gasteiger partial charge in [0.15, 0.2) is 0 Å². The van der Waals surface area contributed by atoms with Crippen molar-refractivity contribution in [2.75, 3.05) is 13.2 Å². The number of benzene rings is 1. The van der Waals surface area contributed by atoms with Crippen LogP contribution in [0.25, 0.3) is 0 Å². The van der Waals surface area contributed by atoms with Gasteiger partial charge in [0.05, 0.1) is 6.61 Å². The van der Waals surface area contributed by atoms with Crippen LogP contribution < -0.4 is 4.74 Å². The molecule has 6 N–H and O–H groups in total. The Kier molecular flexibility index (Phi) is 8.08. The molecule has 1 heterocycles. The lowest BCUT2D eigenvalue weighted by molar-refractivity contribution is -0.277. The molecule has 1 saturated heterocycles. The number of unbranched alkanes of at least 4 members (excludes halogenated alkanes) is 3. The normalized spacial score (nSPS) is 28.9. The third kappa shape index (κ3) is 5.54. The summed E-state index contributed by atoms with van der Waals surface area (Å²) >= 11 is 0. The van der Waals surface area contributed by atoms with Crippen LogP contribution in [0.15, 0.2) is 18.2 Å². The molecule has 0 spiro atoms. The Morgan fingerprint density at radius 3 is 2.31 bits per heavy atom. The Morgan fingerprint density at radius 2 is 1.62 bits per heavy atom. The summed E-state index contributed by atoms with van der Waals surface area (Å²) in [6, 6.07) is 4.68. The van der Waals surface area contributed by atoms with Crippen LogP contribution in [0.5, 0.6) is 11.5 Å². The average Bonchev–Trinajstić information content (AvgIpc) is 2.61. The summed E-state index contributed by atoms with van der Waals surface area (Å²) in [4.78, 5) is 0. The third-order valence-electron chi connectivity index (χ3n) is 4.43. The summed E-state index contributed by atoms with van der Waals surface area (Å²) in [6.45, 7) is -0.354. The second-order valence-corrected chi connectivity index (χ2v) is 6.54. The highest BCUT2D eigenvalue weighted by Crippen LogP contribution is 2.28. The van der Waals surface area contributed by atoms with Gasteiger partial charge in [-0.3, -0.25) is 0 Å². The topological polar surface area (TPSA) is 140 Å². The number of phenolic OH excluding ortho intramolecular Hbond substituents is 1. The molecule has 0 aromatic heterocycles. The minimum Gasteiger partial charge on any atom is -0.508 e. The smallest absolute Gasteiger partial charge is 0.229 e. The Morgan fingerprint density at radius 1 is 0.885 bits per heavy atom. The summed E-state index contributed by atoms with van der Waals surface area (Å²) in [7, 11) is 0. The van der Waals surface area contributed by atoms with E-state index < -0.39 is 37.3 Å². The minimum atomic E-state index is -1.52. The van der Waals surface area contributed by atoms with Crippen LogP contribution in [0.4, 0.5) is 0 Å². The number of aromatic hydroxyl groups is 1. The van der Waals surface area contributed by atoms with Crippen molar-refractivity contribution in [3.05, 3.63) is 23.8 Å². The predicted octanol–water partition coefficient (Wildman–Crippen LogP) is -0.334. The zero-order chi connectivity index (χ0) is 19.1. The minimum absolute atomic E-state index is 0.00236. The van der Waals surface area contributed by atoms with E-state index >= 15 is 0 Å². The van der Waals surface area contributed by atoms with Gasteiger partial charge < -0.3 is 40.1 Å². The Balaban J connectivity index is 1.99. The number of hydrogen-bond acceptors (Lipinski definition) is 8. The fourth-order valence-corrected chi connectivity index (χ4v) is 2.95. The molecule has 148 valence electrons. The number of phenols is 1. The zero-order valence-electron chi connectivity index (χ0n) is 14.6. The maximum Gasteiger partial charge on any atom is 0.229 e. The molecule has 0 aliphatic carbocycles. The highest BCUT2D eigenvalue weighted by molar-refractivity contribution is 5.37. The first-order valence-electron chi connectivity index (χ1n) is 8.87. The molecule has 1 aromatic rings. The van der Waals surface area contributed by atoms with Crippen molar-refractivity contribution in [1.29, 1.82) is 0 Å². The summed E-state index contributed by atoms with van der Waals surface area (Å²) in [5.74, 6) is 0.247. The second kappa shape index (κ2) is 10.1. The van der Waals surface area contributed by atoms with Crippen molar-refractivity contribution < 1.29 is 40.1 Å². The highest BCUT2D eigenvalue weighted by atomic mass is 16.7. The third-order valence-corrected chi connectivity index (χ3v) is 4.43. The molecule has 5 atom stereocenters. The molecular formula is C18H28O8. The maximum absolute atomic E-state index is 10.0. The maximum atomic E-state index is 10.0. The lowest BCUT2D eigenvalue weighted by Gasteiger charge is -2.39. The van der Waals surface area contributed by atoms with Crippen molar-refractivity contribution in [2.24, 2.45) is 0 Å². The fraction of sp³-hybridized carbons (Fsp3) is 0.667. The number of hydrogen-bond donors (Lipinski definition) is 6. The number of ether oxygens (including phenoxy) is 2. The average molecular weight is 372 g/mol. The number of aliphatic hydroxyl groups is 5. The first-order valence-corrected chi connectivity index (χ1v) is 8.87. The molecule has 0 radical (unpaired) electrons. The first-order chi connectivity index (χ1) is 12.5. The van der Waals surface area contributed by atoms with E-state index in [-0.39, 0.29) is 18.1 Å². The molecule has 5 unspecified atom stereocenters. The molecule has 0 saturated carbocycles. The van der Waals surface area contributed by atoms with Gasteiger partial charge in [0.2, 0.25) is 6.29 Å². The quantitative estimate of drug-likeness (QED) is 0.324. The van der Waals surface area contributed by atoms with Gasteiger partial charge in [-0.25, -0.2) is 0 Å². The van der Waals surface area contributed by atoms with Crippen LogP contribution in [0, 0.1) is 0 Å². The predicted molar refractivity (Wildman–Crippen MR) is 91.8 cm³/mol. The summed E-state index contributed by atoms with van der Waals surface area (Å²) in [5.41, 5.74) is 0.841. The van der Waals surface area contributed by atoms with Gasteiger partial charge in [0.1, 0.15) is 35.9 Å². The van der Waals surface area contributed by atoms with E-state index in [1.165, 1.54) is 6.07 Å². The van der Waals surface area contributed by atoms with Crippen molar-refractivity contribution >= 4 is 0 Å². The van der Waals surface area contributed by atoms with Gasteiger partial charge in [-0.05, 0) is 37.0 Å². The number of aryl methyl sites for hydroxylation is 1. The van der Waals surface area contributed by atoms with Gasteiger partial charge >= 0.3 is 0 Å². The van der Waals surface area contributed by atoms with Crippen LogP contribution >= 0.6 is 0 Å². The molecule has 1 aliphatic heterocycles. The summed E-state index contributed by atoms with van der Waals surface area (Å²) in [6.07, 6.45) is -2.55. The molecule has 8 heteroatoms.